The first-order valence-corrected chi connectivity index (χ1v) is 8.39. The fraction of sp³-hybridized carbons (Fsp3) is 1.00. The van der Waals surface area contributed by atoms with Crippen LogP contribution in [0.15, 0.2) is 0 Å². The summed E-state index contributed by atoms with van der Waals surface area (Å²) in [6.07, 6.45) is 10.8. The van der Waals surface area contributed by atoms with Crippen molar-refractivity contribution >= 4 is 0 Å². The molecular formula is C17H35NO. The van der Waals surface area contributed by atoms with Crippen LogP contribution in [0.5, 0.6) is 0 Å². The second kappa shape index (κ2) is 8.97. The van der Waals surface area contributed by atoms with E-state index in [1.165, 1.54) is 44.9 Å². The summed E-state index contributed by atoms with van der Waals surface area (Å²) in [6.45, 7) is 9.33. The molecule has 2 nitrogen and oxygen atoms in total. The van der Waals surface area contributed by atoms with Crippen molar-refractivity contribution in [2.24, 2.45) is 23.0 Å². The van der Waals surface area contributed by atoms with Crippen LogP contribution in [0.1, 0.15) is 72.1 Å². The molecule has 1 aliphatic rings. The van der Waals surface area contributed by atoms with Crippen LogP contribution in [0.4, 0.5) is 0 Å². The van der Waals surface area contributed by atoms with Crippen molar-refractivity contribution in [2.45, 2.75) is 72.1 Å². The largest absolute Gasteiger partial charge is 0.381 e. The first-order chi connectivity index (χ1) is 9.12. The highest BCUT2D eigenvalue weighted by atomic mass is 16.5. The molecule has 0 aliphatic heterocycles. The van der Waals surface area contributed by atoms with Crippen LogP contribution in [0.3, 0.4) is 0 Å². The summed E-state index contributed by atoms with van der Waals surface area (Å²) in [5.41, 5.74) is 6.46. The Morgan fingerprint density at radius 1 is 1.26 bits per heavy atom. The molecule has 19 heavy (non-hydrogen) atoms. The van der Waals surface area contributed by atoms with Gasteiger partial charge in [-0.3, -0.25) is 0 Å². The zero-order valence-electron chi connectivity index (χ0n) is 13.4. The summed E-state index contributed by atoms with van der Waals surface area (Å²) >= 11 is 0. The second-order valence-electron chi connectivity index (χ2n) is 7.01. The van der Waals surface area contributed by atoms with Crippen LogP contribution in [0.25, 0.3) is 0 Å². The van der Waals surface area contributed by atoms with Crippen LogP contribution in [-0.2, 0) is 4.74 Å². The van der Waals surface area contributed by atoms with Crippen molar-refractivity contribution in [3.05, 3.63) is 0 Å². The van der Waals surface area contributed by atoms with Crippen LogP contribution < -0.4 is 5.73 Å². The molecule has 0 saturated heterocycles. The van der Waals surface area contributed by atoms with Gasteiger partial charge in [0.1, 0.15) is 0 Å². The number of unbranched alkanes of at least 4 members (excludes halogenated alkanes) is 1. The lowest BCUT2D eigenvalue weighted by Gasteiger charge is -2.39. The number of rotatable bonds is 9. The first-order valence-electron chi connectivity index (χ1n) is 8.39. The predicted molar refractivity (Wildman–Crippen MR) is 83.2 cm³/mol. The van der Waals surface area contributed by atoms with Crippen LogP contribution >= 0.6 is 0 Å². The maximum absolute atomic E-state index is 6.07. The number of hydrogen-bond acceptors (Lipinski definition) is 2. The molecular weight excluding hydrogens is 234 g/mol. The Balaban J connectivity index is 2.25. The van der Waals surface area contributed by atoms with E-state index in [-0.39, 0.29) is 0 Å². The Hall–Kier alpha value is -0.0800. The van der Waals surface area contributed by atoms with Crippen molar-refractivity contribution in [2.75, 3.05) is 19.8 Å². The summed E-state index contributed by atoms with van der Waals surface area (Å²) in [6, 6.07) is 0. The Bertz CT molecular complexity index is 219. The molecule has 0 radical (unpaired) electrons. The van der Waals surface area contributed by atoms with Crippen molar-refractivity contribution < 1.29 is 4.74 Å². The molecule has 2 heteroatoms. The smallest absolute Gasteiger partial charge is 0.0488 e. The number of nitrogens with two attached hydrogens (primary N) is 1. The summed E-state index contributed by atoms with van der Waals surface area (Å²) < 4.78 is 5.76. The second-order valence-corrected chi connectivity index (χ2v) is 7.01. The number of hydrogen-bond donors (Lipinski definition) is 1. The van der Waals surface area contributed by atoms with Gasteiger partial charge < -0.3 is 10.5 Å². The molecule has 1 saturated carbocycles. The third-order valence-electron chi connectivity index (χ3n) is 4.79. The van der Waals surface area contributed by atoms with E-state index in [4.69, 9.17) is 10.5 Å². The molecule has 1 aliphatic carbocycles. The van der Waals surface area contributed by atoms with Gasteiger partial charge in [-0.15, -0.1) is 0 Å². The highest BCUT2D eigenvalue weighted by molar-refractivity contribution is 4.86. The van der Waals surface area contributed by atoms with Gasteiger partial charge in [-0.25, -0.2) is 0 Å². The van der Waals surface area contributed by atoms with Gasteiger partial charge in [0.25, 0.3) is 0 Å². The minimum absolute atomic E-state index is 0.389. The Morgan fingerprint density at radius 2 is 1.95 bits per heavy atom. The minimum atomic E-state index is 0.389. The minimum Gasteiger partial charge on any atom is -0.381 e. The zero-order chi connectivity index (χ0) is 14.1. The topological polar surface area (TPSA) is 35.2 Å². The summed E-state index contributed by atoms with van der Waals surface area (Å²) in [7, 11) is 0. The van der Waals surface area contributed by atoms with E-state index in [1.54, 1.807) is 0 Å². The molecule has 0 aromatic rings. The van der Waals surface area contributed by atoms with E-state index < -0.39 is 0 Å². The van der Waals surface area contributed by atoms with Crippen molar-refractivity contribution in [3.8, 4) is 0 Å². The molecule has 1 fully saturated rings. The summed E-state index contributed by atoms with van der Waals surface area (Å²) in [5.74, 6) is 1.61. The quantitative estimate of drug-likeness (QED) is 0.631. The van der Waals surface area contributed by atoms with Gasteiger partial charge >= 0.3 is 0 Å². The average Bonchev–Trinajstić information content (AvgIpc) is 2.42. The molecule has 1 rings (SSSR count). The molecule has 0 spiro atoms. The molecule has 0 aromatic carbocycles. The molecule has 0 aromatic heterocycles. The van der Waals surface area contributed by atoms with Gasteiger partial charge in [0.05, 0.1) is 0 Å². The summed E-state index contributed by atoms with van der Waals surface area (Å²) in [5, 5.41) is 0. The Labute approximate surface area is 120 Å². The third-order valence-corrected chi connectivity index (χ3v) is 4.79. The van der Waals surface area contributed by atoms with E-state index >= 15 is 0 Å². The van der Waals surface area contributed by atoms with Gasteiger partial charge in [0, 0.05) is 13.2 Å². The Morgan fingerprint density at radius 3 is 2.47 bits per heavy atom. The van der Waals surface area contributed by atoms with Crippen molar-refractivity contribution in [1.82, 2.24) is 0 Å². The number of ether oxygens (including phenoxy) is 1. The zero-order valence-corrected chi connectivity index (χ0v) is 13.4. The monoisotopic (exact) mass is 269 g/mol. The first kappa shape index (κ1) is 17.0. The van der Waals surface area contributed by atoms with E-state index in [2.05, 4.69) is 20.8 Å². The van der Waals surface area contributed by atoms with Gasteiger partial charge in [0.15, 0.2) is 0 Å². The molecule has 0 amide bonds. The van der Waals surface area contributed by atoms with Crippen LogP contribution in [0, 0.1) is 17.3 Å². The Kier molecular flexibility index (Phi) is 8.01. The van der Waals surface area contributed by atoms with Gasteiger partial charge in [0.2, 0.25) is 0 Å². The van der Waals surface area contributed by atoms with Crippen molar-refractivity contribution in [1.29, 1.82) is 0 Å². The lowest BCUT2D eigenvalue weighted by molar-refractivity contribution is 0.0549. The fourth-order valence-electron chi connectivity index (χ4n) is 3.24. The van der Waals surface area contributed by atoms with Crippen LogP contribution in [0.2, 0.25) is 0 Å². The average molecular weight is 269 g/mol. The fourth-order valence-corrected chi connectivity index (χ4v) is 3.24. The summed E-state index contributed by atoms with van der Waals surface area (Å²) in [4.78, 5) is 0. The standard InChI is InChI=1S/C17H35NO/c1-4-5-6-16-7-9-17(14-18,10-8-16)11-12-19-13-15(2)3/h15-16H,4-14,18H2,1-3H3. The molecule has 114 valence electrons. The molecule has 0 bridgehead atoms. The SMILES string of the molecule is CCCCC1CCC(CN)(CCOCC(C)C)CC1. The third kappa shape index (κ3) is 6.27. The van der Waals surface area contributed by atoms with Gasteiger partial charge in [-0.1, -0.05) is 40.0 Å². The predicted octanol–water partition coefficient (Wildman–Crippen LogP) is 4.37. The molecule has 0 atom stereocenters. The van der Waals surface area contributed by atoms with E-state index in [0.29, 0.717) is 11.3 Å². The maximum atomic E-state index is 6.07. The van der Waals surface area contributed by atoms with Gasteiger partial charge in [-0.2, -0.15) is 0 Å². The van der Waals surface area contributed by atoms with Gasteiger partial charge in [-0.05, 0) is 55.9 Å². The van der Waals surface area contributed by atoms with E-state index in [0.717, 1.165) is 32.1 Å². The highest BCUT2D eigenvalue weighted by Crippen LogP contribution is 2.42. The highest BCUT2D eigenvalue weighted by Gasteiger charge is 2.33. The molecule has 0 heterocycles. The lowest BCUT2D eigenvalue weighted by atomic mass is 9.68. The maximum Gasteiger partial charge on any atom is 0.0488 e. The van der Waals surface area contributed by atoms with E-state index in [1.807, 2.05) is 0 Å². The molecule has 2 N–H and O–H groups in total. The molecule has 0 unspecified atom stereocenters. The normalized spacial score (nSPS) is 27.9. The van der Waals surface area contributed by atoms with E-state index in [9.17, 15) is 0 Å². The van der Waals surface area contributed by atoms with Crippen molar-refractivity contribution in [3.63, 3.8) is 0 Å². The lowest BCUT2D eigenvalue weighted by Crippen LogP contribution is -2.36. The van der Waals surface area contributed by atoms with Crippen LogP contribution in [-0.4, -0.2) is 19.8 Å².